The van der Waals surface area contributed by atoms with E-state index in [0.29, 0.717) is 29.3 Å². The van der Waals surface area contributed by atoms with Crippen molar-refractivity contribution in [1.82, 2.24) is 15.0 Å². The van der Waals surface area contributed by atoms with E-state index in [9.17, 15) is 4.39 Å². The number of pyridine rings is 3. The number of fused-ring (bicyclic) bond motifs is 2. The molecular formula is C23H16FN5. The summed E-state index contributed by atoms with van der Waals surface area (Å²) < 4.78 is 14.4. The van der Waals surface area contributed by atoms with E-state index in [1.54, 1.807) is 43.0 Å². The van der Waals surface area contributed by atoms with Crippen molar-refractivity contribution in [2.75, 3.05) is 5.73 Å². The molecule has 0 fully saturated rings. The molecule has 4 heterocycles. The lowest BCUT2D eigenvalue weighted by Gasteiger charge is -2.12. The second kappa shape index (κ2) is 6.91. The average molecular weight is 381 g/mol. The van der Waals surface area contributed by atoms with Gasteiger partial charge in [0.2, 0.25) is 0 Å². The zero-order valence-corrected chi connectivity index (χ0v) is 15.4. The summed E-state index contributed by atoms with van der Waals surface area (Å²) in [6, 6.07) is 12.4. The molecule has 0 bridgehead atoms. The van der Waals surface area contributed by atoms with Gasteiger partial charge in [0, 0.05) is 53.3 Å². The Labute approximate surface area is 166 Å². The number of benzene rings is 1. The SMILES string of the molecule is Nc1ncc(C2=CCC(c3ccccc3F)=Nc3ncccc32)c2ccncc12. The number of aromatic nitrogens is 3. The lowest BCUT2D eigenvalue weighted by molar-refractivity contribution is 0.625. The van der Waals surface area contributed by atoms with Gasteiger partial charge in [-0.25, -0.2) is 19.4 Å². The average Bonchev–Trinajstić information content (AvgIpc) is 2.94. The predicted molar refractivity (Wildman–Crippen MR) is 112 cm³/mol. The molecule has 0 unspecified atom stereocenters. The lowest BCUT2D eigenvalue weighted by Crippen LogP contribution is -2.02. The van der Waals surface area contributed by atoms with Crippen LogP contribution in [-0.4, -0.2) is 20.7 Å². The van der Waals surface area contributed by atoms with Gasteiger partial charge in [0.05, 0.1) is 5.71 Å². The Morgan fingerprint density at radius 3 is 2.59 bits per heavy atom. The number of halogens is 1. The maximum absolute atomic E-state index is 14.4. The Morgan fingerprint density at radius 1 is 0.828 bits per heavy atom. The fourth-order valence-electron chi connectivity index (χ4n) is 3.62. The zero-order chi connectivity index (χ0) is 19.8. The van der Waals surface area contributed by atoms with Crippen molar-refractivity contribution in [3.8, 4) is 0 Å². The molecule has 0 saturated carbocycles. The van der Waals surface area contributed by atoms with E-state index in [0.717, 1.165) is 27.5 Å². The molecule has 1 aromatic carbocycles. The highest BCUT2D eigenvalue weighted by molar-refractivity contribution is 6.08. The summed E-state index contributed by atoms with van der Waals surface area (Å²) in [5.41, 5.74) is 9.87. The summed E-state index contributed by atoms with van der Waals surface area (Å²) in [4.78, 5) is 17.7. The summed E-state index contributed by atoms with van der Waals surface area (Å²) in [7, 11) is 0. The van der Waals surface area contributed by atoms with Gasteiger partial charge in [0.25, 0.3) is 0 Å². The first kappa shape index (κ1) is 17.2. The van der Waals surface area contributed by atoms with Crippen LogP contribution in [0.25, 0.3) is 16.3 Å². The Morgan fingerprint density at radius 2 is 1.69 bits per heavy atom. The van der Waals surface area contributed by atoms with Crippen LogP contribution < -0.4 is 5.73 Å². The fourth-order valence-corrected chi connectivity index (χ4v) is 3.62. The van der Waals surface area contributed by atoms with Gasteiger partial charge in [-0.2, -0.15) is 0 Å². The number of anilines is 1. The van der Waals surface area contributed by atoms with Crippen LogP contribution in [0.15, 0.2) is 78.3 Å². The van der Waals surface area contributed by atoms with Crippen molar-refractivity contribution in [2.24, 2.45) is 4.99 Å². The van der Waals surface area contributed by atoms with E-state index in [1.807, 2.05) is 24.3 Å². The van der Waals surface area contributed by atoms with Crippen LogP contribution in [0.4, 0.5) is 16.0 Å². The molecule has 5 nitrogen and oxygen atoms in total. The van der Waals surface area contributed by atoms with Crippen LogP contribution >= 0.6 is 0 Å². The molecular weight excluding hydrogens is 365 g/mol. The van der Waals surface area contributed by atoms with Crippen LogP contribution in [0.2, 0.25) is 0 Å². The third-order valence-corrected chi connectivity index (χ3v) is 5.01. The van der Waals surface area contributed by atoms with Crippen molar-refractivity contribution in [3.63, 3.8) is 0 Å². The standard InChI is InChI=1S/C23H16FN5/c24-20-6-2-1-4-17(20)21-8-7-14(16-5-3-10-27-23(16)29-21)18-13-28-22(25)19-12-26-11-9-15(18)19/h1-7,9-13H,8H2,(H2,25,28). The van der Waals surface area contributed by atoms with Gasteiger partial charge in [-0.1, -0.05) is 24.3 Å². The van der Waals surface area contributed by atoms with Gasteiger partial charge in [-0.15, -0.1) is 0 Å². The zero-order valence-electron chi connectivity index (χ0n) is 15.4. The predicted octanol–water partition coefficient (Wildman–Crippen LogP) is 4.70. The number of hydrogen-bond donors (Lipinski definition) is 1. The highest BCUT2D eigenvalue weighted by Crippen LogP contribution is 2.37. The first-order valence-corrected chi connectivity index (χ1v) is 9.19. The summed E-state index contributed by atoms with van der Waals surface area (Å²) in [5, 5.41) is 1.73. The second-order valence-electron chi connectivity index (χ2n) is 6.71. The van der Waals surface area contributed by atoms with Gasteiger partial charge in [0.1, 0.15) is 11.6 Å². The molecule has 1 aliphatic heterocycles. The van der Waals surface area contributed by atoms with Gasteiger partial charge in [-0.3, -0.25) is 4.98 Å². The third kappa shape index (κ3) is 2.95. The van der Waals surface area contributed by atoms with E-state index in [-0.39, 0.29) is 5.82 Å². The van der Waals surface area contributed by atoms with Gasteiger partial charge in [-0.05, 0) is 35.2 Å². The van der Waals surface area contributed by atoms with E-state index in [4.69, 9.17) is 10.7 Å². The molecule has 0 radical (unpaired) electrons. The Hall–Kier alpha value is -3.93. The van der Waals surface area contributed by atoms with Crippen LogP contribution in [0, 0.1) is 5.82 Å². The van der Waals surface area contributed by atoms with E-state index in [2.05, 4.69) is 15.0 Å². The molecule has 2 N–H and O–H groups in total. The number of nitrogens with two attached hydrogens (primary N) is 1. The second-order valence-corrected chi connectivity index (χ2v) is 6.71. The Balaban J connectivity index is 1.73. The van der Waals surface area contributed by atoms with Crippen LogP contribution in [-0.2, 0) is 0 Å². The molecule has 0 spiro atoms. The van der Waals surface area contributed by atoms with Crippen molar-refractivity contribution >= 4 is 33.7 Å². The maximum atomic E-state index is 14.4. The van der Waals surface area contributed by atoms with Crippen molar-refractivity contribution in [1.29, 1.82) is 0 Å². The monoisotopic (exact) mass is 381 g/mol. The number of nitrogens with zero attached hydrogens (tertiary/aromatic N) is 4. The van der Waals surface area contributed by atoms with Crippen LogP contribution in [0.5, 0.6) is 0 Å². The minimum atomic E-state index is -0.300. The van der Waals surface area contributed by atoms with E-state index < -0.39 is 0 Å². The molecule has 4 aromatic rings. The Kier molecular flexibility index (Phi) is 4.09. The molecule has 140 valence electrons. The minimum absolute atomic E-state index is 0.300. The van der Waals surface area contributed by atoms with Crippen molar-refractivity contribution < 1.29 is 4.39 Å². The number of hydrogen-bond acceptors (Lipinski definition) is 5. The van der Waals surface area contributed by atoms with Gasteiger partial charge < -0.3 is 5.73 Å². The molecule has 1 aliphatic rings. The smallest absolute Gasteiger partial charge is 0.160 e. The summed E-state index contributed by atoms with van der Waals surface area (Å²) in [6.45, 7) is 0. The number of allylic oxidation sites excluding steroid dienone is 1. The molecule has 6 heteroatoms. The molecule has 0 aliphatic carbocycles. The summed E-state index contributed by atoms with van der Waals surface area (Å²) in [5.74, 6) is 0.681. The topological polar surface area (TPSA) is 77.0 Å². The summed E-state index contributed by atoms with van der Waals surface area (Å²) in [6.07, 6.45) is 9.40. The largest absolute Gasteiger partial charge is 0.383 e. The lowest BCUT2D eigenvalue weighted by atomic mass is 9.94. The molecule has 29 heavy (non-hydrogen) atoms. The van der Waals surface area contributed by atoms with E-state index >= 15 is 0 Å². The van der Waals surface area contributed by atoms with Gasteiger partial charge >= 0.3 is 0 Å². The number of nitrogen functional groups attached to an aromatic ring is 1. The molecule has 0 atom stereocenters. The van der Waals surface area contributed by atoms with Gasteiger partial charge in [0.15, 0.2) is 5.82 Å². The highest BCUT2D eigenvalue weighted by Gasteiger charge is 2.20. The molecule has 0 saturated heterocycles. The van der Waals surface area contributed by atoms with Crippen molar-refractivity contribution in [3.05, 3.63) is 95.8 Å². The molecule has 0 amide bonds. The Bertz CT molecular complexity index is 1310. The first-order chi connectivity index (χ1) is 14.2. The van der Waals surface area contributed by atoms with Crippen LogP contribution in [0.3, 0.4) is 0 Å². The molecule has 5 rings (SSSR count). The van der Waals surface area contributed by atoms with E-state index in [1.165, 1.54) is 6.07 Å². The molecule has 3 aromatic heterocycles. The number of rotatable bonds is 2. The normalized spacial score (nSPS) is 13.4. The first-order valence-electron chi connectivity index (χ1n) is 9.19. The fraction of sp³-hybridized carbons (Fsp3) is 0.0435. The minimum Gasteiger partial charge on any atom is -0.383 e. The maximum Gasteiger partial charge on any atom is 0.160 e. The third-order valence-electron chi connectivity index (χ3n) is 5.01. The van der Waals surface area contributed by atoms with Crippen molar-refractivity contribution in [2.45, 2.75) is 6.42 Å². The number of aliphatic imine (C=N–C) groups is 1. The van der Waals surface area contributed by atoms with Crippen LogP contribution in [0.1, 0.15) is 23.1 Å². The summed E-state index contributed by atoms with van der Waals surface area (Å²) >= 11 is 0. The highest BCUT2D eigenvalue weighted by atomic mass is 19.1. The quantitative estimate of drug-likeness (QED) is 0.546.